The van der Waals surface area contributed by atoms with Crippen LogP contribution in [0.4, 0.5) is 0 Å². The molecule has 2 rings (SSSR count). The average Bonchev–Trinajstić information content (AvgIpc) is 2.39. The molecule has 2 heterocycles. The highest BCUT2D eigenvalue weighted by atomic mass is 16.1. The second kappa shape index (κ2) is 6.07. The van der Waals surface area contributed by atoms with Crippen LogP contribution in [-0.2, 0) is 9.59 Å². The lowest BCUT2D eigenvalue weighted by Crippen LogP contribution is -2.20. The summed E-state index contributed by atoms with van der Waals surface area (Å²) in [6.45, 7) is 3.77. The Balaban J connectivity index is 2.03. The van der Waals surface area contributed by atoms with Crippen LogP contribution in [0.15, 0.2) is 47.9 Å². The monoisotopic (exact) mass is 268 g/mol. The quantitative estimate of drug-likeness (QED) is 0.728. The molecular weight excluding hydrogens is 252 g/mol. The van der Waals surface area contributed by atoms with E-state index in [1.807, 2.05) is 36.7 Å². The van der Waals surface area contributed by atoms with Crippen LogP contribution in [0.3, 0.4) is 0 Å². The zero-order valence-corrected chi connectivity index (χ0v) is 11.6. The Labute approximate surface area is 119 Å². The number of rotatable bonds is 4. The Kier molecular flexibility index (Phi) is 4.21. The molecular formula is C16H16N2O2+2. The summed E-state index contributed by atoms with van der Waals surface area (Å²) >= 11 is 0. The second-order valence-corrected chi connectivity index (χ2v) is 4.75. The Hall–Kier alpha value is -2.54. The molecule has 0 saturated heterocycles. The molecule has 2 aliphatic heterocycles. The van der Waals surface area contributed by atoms with Crippen molar-refractivity contribution in [3.05, 3.63) is 60.3 Å². The van der Waals surface area contributed by atoms with Crippen LogP contribution < -0.4 is 0 Å². The van der Waals surface area contributed by atoms with Crippen molar-refractivity contribution in [2.75, 3.05) is 13.1 Å². The van der Waals surface area contributed by atoms with Crippen LogP contribution in [0.25, 0.3) is 0 Å². The Morgan fingerprint density at radius 2 is 1.30 bits per heavy atom. The maximum atomic E-state index is 11.0. The van der Waals surface area contributed by atoms with Crippen molar-refractivity contribution in [1.29, 1.82) is 0 Å². The standard InChI is InChI=1S/C16H16N2O2/c1-13(19)11-17-7-3-15(4-8-17)16-5-9-18(10-6-16)12-14(2)20/h3-7,9H,11-12H2,1-2H3/q+2. The average molecular weight is 268 g/mol. The first kappa shape index (κ1) is 13.9. The van der Waals surface area contributed by atoms with E-state index in [4.69, 9.17) is 0 Å². The third-order valence-electron chi connectivity index (χ3n) is 2.76. The van der Waals surface area contributed by atoms with Crippen molar-refractivity contribution in [1.82, 2.24) is 9.80 Å². The number of carbonyl (C=O) groups is 2. The smallest absolute Gasteiger partial charge is 0.153 e. The first-order valence-electron chi connectivity index (χ1n) is 6.36. The molecule has 0 fully saturated rings. The Morgan fingerprint density at radius 1 is 0.900 bits per heavy atom. The van der Waals surface area contributed by atoms with Crippen molar-refractivity contribution in [2.45, 2.75) is 13.8 Å². The number of hydrogen-bond donors (Lipinski definition) is 0. The number of hydrogen-bond acceptors (Lipinski definition) is 4. The van der Waals surface area contributed by atoms with E-state index in [2.05, 4.69) is 12.4 Å². The van der Waals surface area contributed by atoms with E-state index in [0.717, 1.165) is 11.1 Å². The molecule has 0 unspecified atom stereocenters. The molecule has 0 aromatic rings. The molecule has 0 aliphatic carbocycles. The van der Waals surface area contributed by atoms with E-state index in [1.54, 1.807) is 23.6 Å². The molecule has 2 aliphatic rings. The van der Waals surface area contributed by atoms with Gasteiger partial charge in [-0.25, -0.2) is 0 Å². The van der Waals surface area contributed by atoms with Gasteiger partial charge in [0.25, 0.3) is 0 Å². The van der Waals surface area contributed by atoms with Gasteiger partial charge in [-0.3, -0.25) is 9.59 Å². The van der Waals surface area contributed by atoms with E-state index in [9.17, 15) is 9.59 Å². The van der Waals surface area contributed by atoms with Gasteiger partial charge in [0.1, 0.15) is 50.0 Å². The maximum Gasteiger partial charge on any atom is 0.153 e. The van der Waals surface area contributed by atoms with Gasteiger partial charge in [0.05, 0.1) is 12.2 Å². The number of Topliss-reactive ketones (excluding diaryl/α,β-unsaturated/α-hetero) is 2. The van der Waals surface area contributed by atoms with Crippen LogP contribution in [-0.4, -0.2) is 34.5 Å². The molecule has 0 spiro atoms. The summed E-state index contributed by atoms with van der Waals surface area (Å²) in [7, 11) is 0. The lowest BCUT2D eigenvalue weighted by atomic mass is 10.0. The molecule has 4 nitrogen and oxygen atoms in total. The predicted octanol–water partition coefficient (Wildman–Crippen LogP) is 1.75. The summed E-state index contributed by atoms with van der Waals surface area (Å²) in [5.41, 5.74) is 1.99. The van der Waals surface area contributed by atoms with Gasteiger partial charge in [-0.05, 0) is 13.8 Å². The molecule has 4 heteroatoms. The van der Waals surface area contributed by atoms with E-state index in [-0.39, 0.29) is 11.6 Å². The van der Waals surface area contributed by atoms with Crippen LogP contribution in [0.5, 0.6) is 0 Å². The second-order valence-electron chi connectivity index (χ2n) is 4.75. The summed E-state index contributed by atoms with van der Waals surface area (Å²) in [5, 5.41) is 0. The molecule has 0 radical (unpaired) electrons. The van der Waals surface area contributed by atoms with Crippen LogP contribution in [0.1, 0.15) is 13.8 Å². The third-order valence-corrected chi connectivity index (χ3v) is 2.76. The molecule has 0 bridgehead atoms. The van der Waals surface area contributed by atoms with Gasteiger partial charge < -0.3 is 0 Å². The zero-order valence-electron chi connectivity index (χ0n) is 11.6. The van der Waals surface area contributed by atoms with Gasteiger partial charge in [0.2, 0.25) is 0 Å². The fourth-order valence-electron chi connectivity index (χ4n) is 1.86. The number of nitrogens with zero attached hydrogens (tertiary/aromatic N) is 2. The summed E-state index contributed by atoms with van der Waals surface area (Å²) in [6, 6.07) is 0. The lowest BCUT2D eigenvalue weighted by Gasteiger charge is -2.08. The largest absolute Gasteiger partial charge is 0.298 e. The molecule has 100 valence electrons. The first-order valence-corrected chi connectivity index (χ1v) is 6.36. The minimum atomic E-state index is 0.0947. The van der Waals surface area contributed by atoms with E-state index in [0.29, 0.717) is 13.1 Å². The minimum absolute atomic E-state index is 0.0947. The maximum absolute atomic E-state index is 11.0. The van der Waals surface area contributed by atoms with Gasteiger partial charge in [-0.2, -0.15) is 9.80 Å². The van der Waals surface area contributed by atoms with Crippen molar-refractivity contribution in [2.24, 2.45) is 0 Å². The highest BCUT2D eigenvalue weighted by molar-refractivity contribution is 5.78. The van der Waals surface area contributed by atoms with Crippen LogP contribution >= 0.6 is 0 Å². The summed E-state index contributed by atoms with van der Waals surface area (Å²) < 4.78 is 0. The summed E-state index contributed by atoms with van der Waals surface area (Å²) in [4.78, 5) is 25.5. The van der Waals surface area contributed by atoms with E-state index < -0.39 is 0 Å². The molecule has 0 atom stereocenters. The van der Waals surface area contributed by atoms with Gasteiger partial charge in [-0.15, -0.1) is 0 Å². The molecule has 20 heavy (non-hydrogen) atoms. The topological polar surface area (TPSA) is 40.6 Å². The molecule has 0 saturated carbocycles. The highest BCUT2D eigenvalue weighted by Crippen LogP contribution is 2.18. The van der Waals surface area contributed by atoms with Crippen LogP contribution in [0.2, 0.25) is 0 Å². The van der Waals surface area contributed by atoms with Crippen molar-refractivity contribution < 1.29 is 9.59 Å². The van der Waals surface area contributed by atoms with E-state index in [1.165, 1.54) is 0 Å². The number of carbonyl (C=O) groups excluding carboxylic acids is 2. The number of allylic oxidation sites excluding steroid dienone is 6. The lowest BCUT2D eigenvalue weighted by molar-refractivity contribution is -0.118. The van der Waals surface area contributed by atoms with Gasteiger partial charge in [0, 0.05) is 0 Å². The molecule has 0 aromatic carbocycles. The third kappa shape index (κ3) is 3.72. The SMILES string of the molecule is CC(=O)CN1[C+]=CC(=C2C=[C+]N(CC(C)=O)C=C2)C=C1. The van der Waals surface area contributed by atoms with Crippen molar-refractivity contribution >= 4 is 11.6 Å². The predicted molar refractivity (Wildman–Crippen MR) is 75.7 cm³/mol. The van der Waals surface area contributed by atoms with Gasteiger partial charge >= 0.3 is 0 Å². The number of ketones is 2. The first-order chi connectivity index (χ1) is 9.54. The Bertz CT molecular complexity index is 483. The molecule has 0 amide bonds. The van der Waals surface area contributed by atoms with Crippen molar-refractivity contribution in [3.8, 4) is 0 Å². The van der Waals surface area contributed by atoms with E-state index >= 15 is 0 Å². The normalized spacial score (nSPS) is 19.9. The zero-order chi connectivity index (χ0) is 14.5. The van der Waals surface area contributed by atoms with Gasteiger partial charge in [0.15, 0.2) is 22.7 Å². The fourth-order valence-corrected chi connectivity index (χ4v) is 1.86. The molecule has 0 aromatic heterocycles. The highest BCUT2D eigenvalue weighted by Gasteiger charge is 2.21. The fraction of sp³-hybridized carbons (Fsp3) is 0.250. The summed E-state index contributed by atoms with van der Waals surface area (Å²) in [5.74, 6) is 0.189. The molecule has 0 N–H and O–H groups in total. The van der Waals surface area contributed by atoms with Gasteiger partial charge in [-0.1, -0.05) is 0 Å². The Morgan fingerprint density at radius 3 is 1.55 bits per heavy atom. The minimum Gasteiger partial charge on any atom is -0.298 e. The van der Waals surface area contributed by atoms with Crippen molar-refractivity contribution in [3.63, 3.8) is 0 Å². The van der Waals surface area contributed by atoms with Crippen LogP contribution in [0, 0.1) is 12.4 Å². The summed E-state index contributed by atoms with van der Waals surface area (Å²) in [6.07, 6.45) is 17.2.